The van der Waals surface area contributed by atoms with E-state index in [2.05, 4.69) is 0 Å². The van der Waals surface area contributed by atoms with Gasteiger partial charge in [-0.05, 0) is 17.7 Å². The van der Waals surface area contributed by atoms with Crippen molar-refractivity contribution >= 4 is 23.5 Å². The van der Waals surface area contributed by atoms with Gasteiger partial charge in [-0.1, -0.05) is 30.7 Å². The van der Waals surface area contributed by atoms with Crippen LogP contribution in [0, 0.1) is 0 Å². The van der Waals surface area contributed by atoms with E-state index in [9.17, 15) is 9.59 Å². The van der Waals surface area contributed by atoms with Crippen molar-refractivity contribution in [3.63, 3.8) is 0 Å². The summed E-state index contributed by atoms with van der Waals surface area (Å²) in [5.41, 5.74) is 0.908. The van der Waals surface area contributed by atoms with Crippen molar-refractivity contribution in [2.24, 2.45) is 0 Å². The predicted octanol–water partition coefficient (Wildman–Crippen LogP) is 3.47. The third-order valence-electron chi connectivity index (χ3n) is 3.23. The van der Waals surface area contributed by atoms with E-state index in [0.29, 0.717) is 23.7 Å². The minimum Gasteiger partial charge on any atom is -0.478 e. The summed E-state index contributed by atoms with van der Waals surface area (Å²) in [5.74, 6) is -1.15. The Morgan fingerprint density at radius 1 is 1.32 bits per heavy atom. The molecule has 0 atom stereocenters. The van der Waals surface area contributed by atoms with Crippen molar-refractivity contribution in [1.82, 2.24) is 4.90 Å². The average Bonchev–Trinajstić information content (AvgIpc) is 2.90. The highest BCUT2D eigenvalue weighted by Crippen LogP contribution is 2.19. The van der Waals surface area contributed by atoms with Crippen molar-refractivity contribution in [2.45, 2.75) is 19.9 Å². The molecule has 0 saturated carbocycles. The summed E-state index contributed by atoms with van der Waals surface area (Å²) in [6.07, 6.45) is 0.410. The van der Waals surface area contributed by atoms with Crippen LogP contribution < -0.4 is 0 Å². The van der Waals surface area contributed by atoms with E-state index < -0.39 is 5.97 Å². The van der Waals surface area contributed by atoms with E-state index in [1.807, 2.05) is 6.07 Å². The van der Waals surface area contributed by atoms with Gasteiger partial charge in [0.2, 0.25) is 0 Å². The van der Waals surface area contributed by atoms with Crippen LogP contribution >= 0.6 is 11.6 Å². The zero-order chi connectivity index (χ0) is 16.3. The number of carbonyl (C=O) groups is 2. The molecule has 0 saturated heterocycles. The fourth-order valence-electron chi connectivity index (χ4n) is 2.15. The monoisotopic (exact) mass is 321 g/mol. The summed E-state index contributed by atoms with van der Waals surface area (Å²) < 4.78 is 5.37. The van der Waals surface area contributed by atoms with Gasteiger partial charge in [0, 0.05) is 31.1 Å². The van der Waals surface area contributed by atoms with Crippen LogP contribution in [0.1, 0.15) is 39.2 Å². The van der Waals surface area contributed by atoms with Crippen LogP contribution in [-0.2, 0) is 13.0 Å². The number of halogens is 1. The number of hydrogen-bond donors (Lipinski definition) is 1. The van der Waals surface area contributed by atoms with Gasteiger partial charge >= 0.3 is 5.97 Å². The predicted molar refractivity (Wildman–Crippen MR) is 82.3 cm³/mol. The van der Waals surface area contributed by atoms with Gasteiger partial charge in [0.1, 0.15) is 11.3 Å². The number of nitrogens with zero attached hydrogens (tertiary/aromatic N) is 1. The first-order valence-corrected chi connectivity index (χ1v) is 7.16. The first kappa shape index (κ1) is 16.1. The van der Waals surface area contributed by atoms with Crippen molar-refractivity contribution in [2.75, 3.05) is 7.05 Å². The SMILES string of the molecule is CCc1oc(C(=O)N(C)Cc2cccc(Cl)c2)cc1C(=O)O. The maximum absolute atomic E-state index is 12.3. The molecule has 1 heterocycles. The molecule has 6 heteroatoms. The summed E-state index contributed by atoms with van der Waals surface area (Å²) in [6.45, 7) is 2.12. The number of hydrogen-bond acceptors (Lipinski definition) is 3. The van der Waals surface area contributed by atoms with Crippen molar-refractivity contribution < 1.29 is 19.1 Å². The molecule has 0 aliphatic carbocycles. The zero-order valence-electron chi connectivity index (χ0n) is 12.3. The van der Waals surface area contributed by atoms with Crippen LogP contribution in [0.3, 0.4) is 0 Å². The van der Waals surface area contributed by atoms with Gasteiger partial charge in [-0.15, -0.1) is 0 Å². The molecule has 0 bridgehead atoms. The Labute approximate surface area is 133 Å². The fourth-order valence-corrected chi connectivity index (χ4v) is 2.36. The van der Waals surface area contributed by atoms with Crippen LogP contribution in [0.25, 0.3) is 0 Å². The maximum atomic E-state index is 12.3. The molecule has 1 N–H and O–H groups in total. The molecule has 1 amide bonds. The van der Waals surface area contributed by atoms with Crippen molar-refractivity contribution in [1.29, 1.82) is 0 Å². The van der Waals surface area contributed by atoms with Crippen LogP contribution in [-0.4, -0.2) is 28.9 Å². The number of aromatic carboxylic acids is 1. The van der Waals surface area contributed by atoms with E-state index >= 15 is 0 Å². The van der Waals surface area contributed by atoms with E-state index in [1.54, 1.807) is 32.2 Å². The minimum atomic E-state index is -1.10. The molecule has 0 aliphatic rings. The van der Waals surface area contributed by atoms with Gasteiger partial charge < -0.3 is 14.4 Å². The molecule has 0 spiro atoms. The molecular weight excluding hydrogens is 306 g/mol. The third-order valence-corrected chi connectivity index (χ3v) is 3.46. The fraction of sp³-hybridized carbons (Fsp3) is 0.250. The Balaban J connectivity index is 2.18. The minimum absolute atomic E-state index is 0.0266. The Morgan fingerprint density at radius 2 is 2.05 bits per heavy atom. The second kappa shape index (κ2) is 6.66. The van der Waals surface area contributed by atoms with Gasteiger partial charge in [-0.2, -0.15) is 0 Å². The van der Waals surface area contributed by atoms with Crippen LogP contribution in [0.15, 0.2) is 34.7 Å². The molecule has 0 unspecified atom stereocenters. The van der Waals surface area contributed by atoms with Gasteiger partial charge in [0.25, 0.3) is 5.91 Å². The number of carbonyl (C=O) groups excluding carboxylic acids is 1. The second-order valence-corrected chi connectivity index (χ2v) is 5.33. The number of carboxylic acids is 1. The van der Waals surface area contributed by atoms with Gasteiger partial charge in [-0.3, -0.25) is 4.79 Å². The van der Waals surface area contributed by atoms with Gasteiger partial charge in [0.15, 0.2) is 5.76 Å². The van der Waals surface area contributed by atoms with E-state index in [1.165, 1.54) is 11.0 Å². The molecule has 1 aromatic carbocycles. The van der Waals surface area contributed by atoms with Crippen LogP contribution in [0.2, 0.25) is 5.02 Å². The lowest BCUT2D eigenvalue weighted by atomic mass is 10.2. The molecule has 116 valence electrons. The highest BCUT2D eigenvalue weighted by molar-refractivity contribution is 6.30. The van der Waals surface area contributed by atoms with Gasteiger partial charge in [-0.25, -0.2) is 4.79 Å². The third kappa shape index (κ3) is 3.49. The summed E-state index contributed by atoms with van der Waals surface area (Å²) in [6, 6.07) is 8.47. The molecule has 2 aromatic rings. The molecule has 5 nitrogen and oxygen atoms in total. The Morgan fingerprint density at radius 3 is 2.59 bits per heavy atom. The number of carboxylic acid groups (broad SMARTS) is 1. The largest absolute Gasteiger partial charge is 0.478 e. The zero-order valence-corrected chi connectivity index (χ0v) is 13.1. The summed E-state index contributed by atoms with van der Waals surface area (Å²) in [4.78, 5) is 24.9. The van der Waals surface area contributed by atoms with E-state index in [0.717, 1.165) is 5.56 Å². The summed E-state index contributed by atoms with van der Waals surface area (Å²) >= 11 is 5.92. The first-order chi connectivity index (χ1) is 10.4. The Bertz CT molecular complexity index is 708. The number of rotatable bonds is 5. The molecule has 22 heavy (non-hydrogen) atoms. The molecule has 0 radical (unpaired) electrons. The number of benzene rings is 1. The summed E-state index contributed by atoms with van der Waals surface area (Å²) in [5, 5.41) is 9.69. The normalized spacial score (nSPS) is 10.5. The molecule has 0 fully saturated rings. The number of aryl methyl sites for hydroxylation is 1. The molecule has 0 aliphatic heterocycles. The number of furan rings is 1. The van der Waals surface area contributed by atoms with Crippen molar-refractivity contribution in [3.05, 3.63) is 58.0 Å². The van der Waals surface area contributed by atoms with Crippen LogP contribution in [0.4, 0.5) is 0 Å². The van der Waals surface area contributed by atoms with Crippen LogP contribution in [0.5, 0.6) is 0 Å². The summed E-state index contributed by atoms with van der Waals surface area (Å²) in [7, 11) is 1.62. The molecular formula is C16H16ClNO4. The first-order valence-electron chi connectivity index (χ1n) is 6.78. The van der Waals surface area contributed by atoms with E-state index in [-0.39, 0.29) is 17.2 Å². The highest BCUT2D eigenvalue weighted by atomic mass is 35.5. The molecule has 2 rings (SSSR count). The Kier molecular flexibility index (Phi) is 4.88. The quantitative estimate of drug-likeness (QED) is 0.915. The maximum Gasteiger partial charge on any atom is 0.339 e. The lowest BCUT2D eigenvalue weighted by Gasteiger charge is -2.15. The second-order valence-electron chi connectivity index (χ2n) is 4.90. The van der Waals surface area contributed by atoms with E-state index in [4.69, 9.17) is 21.1 Å². The van der Waals surface area contributed by atoms with Crippen molar-refractivity contribution in [3.8, 4) is 0 Å². The van der Waals surface area contributed by atoms with Gasteiger partial charge in [0.05, 0.1) is 0 Å². The highest BCUT2D eigenvalue weighted by Gasteiger charge is 2.22. The standard InChI is InChI=1S/C16H16ClNO4/c1-3-13-12(16(20)21)8-14(22-13)15(19)18(2)9-10-5-4-6-11(17)7-10/h4-8H,3,9H2,1-2H3,(H,20,21). The smallest absolute Gasteiger partial charge is 0.339 e. The lowest BCUT2D eigenvalue weighted by Crippen LogP contribution is -2.25. The number of amides is 1. The Hall–Kier alpha value is -2.27. The molecule has 1 aromatic heterocycles. The topological polar surface area (TPSA) is 70.8 Å². The lowest BCUT2D eigenvalue weighted by molar-refractivity contribution is 0.0693. The average molecular weight is 322 g/mol.